The van der Waals surface area contributed by atoms with Crippen molar-refractivity contribution >= 4 is 32.5 Å². The Labute approximate surface area is 128 Å². The van der Waals surface area contributed by atoms with Crippen LogP contribution in [0.1, 0.15) is 25.7 Å². The van der Waals surface area contributed by atoms with Crippen LogP contribution < -0.4 is 11.1 Å². The maximum absolute atomic E-state index is 5.94. The molecule has 1 aliphatic rings. The molecule has 3 N–H and O–H groups in total. The summed E-state index contributed by atoms with van der Waals surface area (Å²) in [5, 5.41) is 5.85. The molecule has 0 bridgehead atoms. The number of aromatic nitrogens is 1. The van der Waals surface area contributed by atoms with Gasteiger partial charge in [-0.15, -0.1) is 0 Å². The first-order valence-electron chi connectivity index (χ1n) is 7.25. The van der Waals surface area contributed by atoms with Crippen LogP contribution in [0.15, 0.2) is 34.9 Å². The van der Waals surface area contributed by atoms with E-state index in [4.69, 9.17) is 5.73 Å². The lowest BCUT2D eigenvalue weighted by atomic mass is 9.86. The van der Waals surface area contributed by atoms with E-state index >= 15 is 0 Å². The van der Waals surface area contributed by atoms with E-state index in [1.165, 1.54) is 23.6 Å². The molecule has 1 aromatic heterocycles. The van der Waals surface area contributed by atoms with Crippen LogP contribution >= 0.6 is 15.9 Å². The zero-order chi connectivity index (χ0) is 13.9. The number of fused-ring (bicyclic) bond motifs is 1. The van der Waals surface area contributed by atoms with E-state index in [9.17, 15) is 0 Å². The van der Waals surface area contributed by atoms with E-state index in [1.54, 1.807) is 0 Å². The summed E-state index contributed by atoms with van der Waals surface area (Å²) < 4.78 is 1.10. The smallest absolute Gasteiger partial charge is 0.126 e. The molecule has 1 heterocycles. The summed E-state index contributed by atoms with van der Waals surface area (Å²) in [7, 11) is 0. The van der Waals surface area contributed by atoms with Gasteiger partial charge in [0.05, 0.1) is 0 Å². The highest BCUT2D eigenvalue weighted by Gasteiger charge is 2.18. The molecule has 1 fully saturated rings. The fourth-order valence-electron chi connectivity index (χ4n) is 2.85. The zero-order valence-corrected chi connectivity index (χ0v) is 13.1. The lowest BCUT2D eigenvalue weighted by molar-refractivity contribution is 0.338. The van der Waals surface area contributed by atoms with Crippen molar-refractivity contribution in [1.82, 2.24) is 4.98 Å². The van der Waals surface area contributed by atoms with Crippen LogP contribution in [0.4, 0.5) is 5.82 Å². The molecule has 4 heteroatoms. The second-order valence-electron chi connectivity index (χ2n) is 5.72. The summed E-state index contributed by atoms with van der Waals surface area (Å²) >= 11 is 3.51. The Balaban J connectivity index is 1.65. The fourth-order valence-corrected chi connectivity index (χ4v) is 3.23. The third-order valence-corrected chi connectivity index (χ3v) is 4.64. The SMILES string of the molecule is NC1CCC(CNc2cc3cc(Br)ccc3cn2)CC1. The molecular formula is C16H20BrN3. The summed E-state index contributed by atoms with van der Waals surface area (Å²) in [6, 6.07) is 8.79. The van der Waals surface area contributed by atoms with Crippen molar-refractivity contribution in [3.05, 3.63) is 34.9 Å². The molecule has 0 radical (unpaired) electrons. The van der Waals surface area contributed by atoms with Gasteiger partial charge in [-0.05, 0) is 55.2 Å². The van der Waals surface area contributed by atoms with Crippen LogP contribution in [0.2, 0.25) is 0 Å². The number of hydrogen-bond acceptors (Lipinski definition) is 3. The topological polar surface area (TPSA) is 50.9 Å². The van der Waals surface area contributed by atoms with Crippen molar-refractivity contribution in [2.75, 3.05) is 11.9 Å². The maximum atomic E-state index is 5.94. The molecule has 0 spiro atoms. The summed E-state index contributed by atoms with van der Waals surface area (Å²) in [6.45, 7) is 0.999. The summed E-state index contributed by atoms with van der Waals surface area (Å²) in [4.78, 5) is 4.48. The molecule has 3 rings (SSSR count). The Morgan fingerprint density at radius 1 is 1.15 bits per heavy atom. The first kappa shape index (κ1) is 13.8. The van der Waals surface area contributed by atoms with Crippen molar-refractivity contribution in [3.63, 3.8) is 0 Å². The summed E-state index contributed by atoms with van der Waals surface area (Å²) in [5.74, 6) is 1.69. The monoisotopic (exact) mass is 333 g/mol. The maximum Gasteiger partial charge on any atom is 0.126 e. The van der Waals surface area contributed by atoms with Gasteiger partial charge in [0.15, 0.2) is 0 Å². The molecular weight excluding hydrogens is 314 g/mol. The molecule has 1 aromatic carbocycles. The molecule has 106 valence electrons. The number of nitrogens with one attached hydrogen (secondary N) is 1. The lowest BCUT2D eigenvalue weighted by Gasteiger charge is -2.26. The molecule has 0 atom stereocenters. The Hall–Kier alpha value is -1.13. The third-order valence-electron chi connectivity index (χ3n) is 4.15. The Bertz CT molecular complexity index is 591. The van der Waals surface area contributed by atoms with E-state index in [-0.39, 0.29) is 0 Å². The molecule has 1 aliphatic carbocycles. The average Bonchev–Trinajstić information content (AvgIpc) is 2.46. The molecule has 0 saturated heterocycles. The van der Waals surface area contributed by atoms with Crippen molar-refractivity contribution < 1.29 is 0 Å². The van der Waals surface area contributed by atoms with Crippen LogP contribution in [0.25, 0.3) is 10.8 Å². The van der Waals surface area contributed by atoms with Crippen molar-refractivity contribution in [2.45, 2.75) is 31.7 Å². The largest absolute Gasteiger partial charge is 0.370 e. The molecule has 0 unspecified atom stereocenters. The number of halogens is 1. The normalized spacial score (nSPS) is 22.9. The molecule has 0 amide bonds. The Morgan fingerprint density at radius 3 is 2.75 bits per heavy atom. The van der Waals surface area contributed by atoms with Gasteiger partial charge in [-0.3, -0.25) is 0 Å². The zero-order valence-electron chi connectivity index (χ0n) is 11.5. The predicted molar refractivity (Wildman–Crippen MR) is 87.9 cm³/mol. The number of nitrogens with two attached hydrogens (primary N) is 1. The average molecular weight is 334 g/mol. The summed E-state index contributed by atoms with van der Waals surface area (Å²) in [5.41, 5.74) is 5.94. The Kier molecular flexibility index (Phi) is 4.22. The first-order valence-corrected chi connectivity index (χ1v) is 8.05. The van der Waals surface area contributed by atoms with Crippen molar-refractivity contribution in [3.8, 4) is 0 Å². The Morgan fingerprint density at radius 2 is 1.95 bits per heavy atom. The van der Waals surface area contributed by atoms with Crippen LogP contribution in [-0.2, 0) is 0 Å². The molecule has 20 heavy (non-hydrogen) atoms. The molecule has 0 aliphatic heterocycles. The van der Waals surface area contributed by atoms with Gasteiger partial charge in [0.2, 0.25) is 0 Å². The lowest BCUT2D eigenvalue weighted by Crippen LogP contribution is -2.29. The van der Waals surface area contributed by atoms with Crippen molar-refractivity contribution in [2.24, 2.45) is 11.7 Å². The van der Waals surface area contributed by atoms with Gasteiger partial charge >= 0.3 is 0 Å². The van der Waals surface area contributed by atoms with Gasteiger partial charge in [0.25, 0.3) is 0 Å². The predicted octanol–water partition coefficient (Wildman–Crippen LogP) is 3.93. The number of rotatable bonds is 3. The standard InChI is InChI=1S/C16H20BrN3/c17-14-4-3-12-10-20-16(8-13(12)7-14)19-9-11-1-5-15(18)6-2-11/h3-4,7-8,10-11,15H,1-2,5-6,9,18H2,(H,19,20). The fraction of sp³-hybridized carbons (Fsp3) is 0.438. The summed E-state index contributed by atoms with van der Waals surface area (Å²) in [6.07, 6.45) is 6.70. The van der Waals surface area contributed by atoms with Gasteiger partial charge in [0, 0.05) is 28.6 Å². The number of hydrogen-bond donors (Lipinski definition) is 2. The highest BCUT2D eigenvalue weighted by molar-refractivity contribution is 9.10. The van der Waals surface area contributed by atoms with E-state index < -0.39 is 0 Å². The van der Waals surface area contributed by atoms with Gasteiger partial charge in [-0.1, -0.05) is 22.0 Å². The number of benzene rings is 1. The van der Waals surface area contributed by atoms with Gasteiger partial charge in [0.1, 0.15) is 5.82 Å². The van der Waals surface area contributed by atoms with Crippen LogP contribution in [0.3, 0.4) is 0 Å². The number of pyridine rings is 1. The van der Waals surface area contributed by atoms with Gasteiger partial charge in [-0.2, -0.15) is 0 Å². The second kappa shape index (κ2) is 6.10. The van der Waals surface area contributed by atoms with Crippen LogP contribution in [0.5, 0.6) is 0 Å². The molecule has 2 aromatic rings. The van der Waals surface area contributed by atoms with Crippen LogP contribution in [0, 0.1) is 5.92 Å². The highest BCUT2D eigenvalue weighted by atomic mass is 79.9. The number of nitrogens with zero attached hydrogens (tertiary/aromatic N) is 1. The highest BCUT2D eigenvalue weighted by Crippen LogP contribution is 2.24. The minimum Gasteiger partial charge on any atom is -0.370 e. The third kappa shape index (κ3) is 3.30. The minimum absolute atomic E-state index is 0.419. The minimum atomic E-state index is 0.419. The van der Waals surface area contributed by atoms with E-state index in [2.05, 4.69) is 44.4 Å². The van der Waals surface area contributed by atoms with Gasteiger partial charge in [-0.25, -0.2) is 4.98 Å². The molecule has 3 nitrogen and oxygen atoms in total. The quantitative estimate of drug-likeness (QED) is 0.894. The van der Waals surface area contributed by atoms with E-state index in [1.807, 2.05) is 12.3 Å². The number of anilines is 1. The van der Waals surface area contributed by atoms with Crippen molar-refractivity contribution in [1.29, 1.82) is 0 Å². The second-order valence-corrected chi connectivity index (χ2v) is 6.64. The van der Waals surface area contributed by atoms with Gasteiger partial charge < -0.3 is 11.1 Å². The van der Waals surface area contributed by atoms with Crippen LogP contribution in [-0.4, -0.2) is 17.6 Å². The first-order chi connectivity index (χ1) is 9.70. The van der Waals surface area contributed by atoms with E-state index in [0.717, 1.165) is 35.6 Å². The molecule has 1 saturated carbocycles. The van der Waals surface area contributed by atoms with E-state index in [0.29, 0.717) is 6.04 Å².